The molecular formula is C85H100Cl2F4N16O19. The molecule has 676 valence electrons. The largest absolute Gasteiger partial charge is 0.492 e. The summed E-state index contributed by atoms with van der Waals surface area (Å²) in [5.74, 6) is -2.30. The molecule has 4 aromatic carbocycles. The number of rotatable bonds is 23. The summed E-state index contributed by atoms with van der Waals surface area (Å²) in [6.07, 6.45) is 1.81. The van der Waals surface area contributed by atoms with Crippen molar-refractivity contribution in [3.8, 4) is 40.6 Å². The average molecular weight is 1800 g/mol. The third kappa shape index (κ3) is 27.8. The van der Waals surface area contributed by atoms with Gasteiger partial charge in [0.25, 0.3) is 5.91 Å². The van der Waals surface area contributed by atoms with Gasteiger partial charge in [-0.25, -0.2) is 79.5 Å². The first-order valence-corrected chi connectivity index (χ1v) is 39.0. The molecule has 2 bridgehead atoms. The van der Waals surface area contributed by atoms with E-state index in [4.69, 9.17) is 59.0 Å². The highest BCUT2D eigenvalue weighted by Gasteiger charge is 2.27. The summed E-state index contributed by atoms with van der Waals surface area (Å²) in [5.41, 5.74) is 2.98. The zero-order valence-corrected chi connectivity index (χ0v) is 72.5. The van der Waals surface area contributed by atoms with Crippen LogP contribution < -0.4 is 38.5 Å². The number of carboxylic acid groups (broad SMARTS) is 2. The summed E-state index contributed by atoms with van der Waals surface area (Å²) >= 11 is 5.72. The lowest BCUT2D eigenvalue weighted by molar-refractivity contribution is 0.0268. The minimum absolute atomic E-state index is 0. The molecule has 126 heavy (non-hydrogen) atoms. The number of fused-ring (bicyclic) bond motifs is 5. The number of aromatic nitrogens is 12. The van der Waals surface area contributed by atoms with Gasteiger partial charge in [-0.3, -0.25) is 4.79 Å². The third-order valence-corrected chi connectivity index (χ3v) is 17.7. The molecule has 4 atom stereocenters. The zero-order valence-electron chi connectivity index (χ0n) is 70.9. The number of aliphatic hydroxyl groups is 1. The van der Waals surface area contributed by atoms with Crippen molar-refractivity contribution >= 4 is 82.6 Å². The predicted octanol–water partition coefficient (Wildman–Crippen LogP) is 14.5. The van der Waals surface area contributed by atoms with Crippen LogP contribution in [0.1, 0.15) is 172 Å². The number of esters is 1. The van der Waals surface area contributed by atoms with Gasteiger partial charge in [0.05, 0.1) is 57.1 Å². The standard InChI is InChI=1S/C23H27FN4O6.C18H19FN4O4.C18H17FN4O3.C16H24FNO4.C9H8ClN3O2.CH4.ClH/c1-14(33-20-9-8-19-25-13-17(21(29)30)28(19)26-20)16-12-15(24)6-7-18(16)32-11-10-27(5)22(31)34-23(2,3)4;1-11(13-9-12(19)3-4-15(13)26-8-7-20-2)27-17-6-5-16-21-10-14(18(24)25)23(16)22-17;1-11-13-9-12(19)3-4-15(13)25-8-7-22(2)18(24)14-10-20-16-5-6-17(26-11)21-23(14)16;1-11(19)13-10-12(17)6-7-14(13)21-9-8-18(5)15(20)22-16(2,3)4;1-2-15-9(14)6-5-11-8-4-3-7(10)12-13(6)8;;/h6-9,12-14H,10-11H2,1-5H3,(H,29,30);3-6,9-11,20H,7-8H2,1-2H3,(H,24,25);3-6,9-11H,7-8H2,1-2H3;6-7,10-11,19H,8-9H2,1-5H3;3-5H,2H2,1H3;1H4;1H/t14-;3*11-;;;/m1111.../s1. The Morgan fingerprint density at radius 2 is 1.02 bits per heavy atom. The number of carboxylic acids is 2. The van der Waals surface area contributed by atoms with E-state index in [-0.39, 0.29) is 86.8 Å². The van der Waals surface area contributed by atoms with E-state index >= 15 is 0 Å². The molecule has 13 rings (SSSR count). The second kappa shape index (κ2) is 45.3. The Hall–Kier alpha value is -13.4. The maximum atomic E-state index is 14.0. The van der Waals surface area contributed by atoms with E-state index in [2.05, 4.69) is 45.6 Å². The van der Waals surface area contributed by atoms with E-state index in [1.165, 1.54) is 121 Å². The first-order valence-electron chi connectivity index (χ1n) is 38.6. The molecule has 9 heterocycles. The van der Waals surface area contributed by atoms with Crippen LogP contribution in [0.4, 0.5) is 27.2 Å². The number of hydrogen-bond donors (Lipinski definition) is 4. The minimum atomic E-state index is -1.18. The Morgan fingerprint density at radius 3 is 1.49 bits per heavy atom. The van der Waals surface area contributed by atoms with Crippen molar-refractivity contribution in [1.82, 2.24) is 78.4 Å². The number of imidazole rings is 4. The molecular weight excluding hydrogens is 1700 g/mol. The second-order valence-corrected chi connectivity index (χ2v) is 29.8. The summed E-state index contributed by atoms with van der Waals surface area (Å²) in [6, 6.07) is 29.4. The summed E-state index contributed by atoms with van der Waals surface area (Å²) in [6.45, 7) is 22.1. The number of benzene rings is 4. The number of aliphatic hydroxyl groups excluding tert-OH is 1. The molecule has 0 aliphatic carbocycles. The first kappa shape index (κ1) is 99.7. The summed E-state index contributed by atoms with van der Waals surface area (Å²) in [5, 5.41) is 48.0. The molecule has 41 heteroatoms. The lowest BCUT2D eigenvalue weighted by Crippen LogP contribution is -2.36. The number of carbonyl (C=O) groups is 6. The molecule has 35 nitrogen and oxygen atoms in total. The molecule has 3 amide bonds. The lowest BCUT2D eigenvalue weighted by Gasteiger charge is -2.25. The molecule has 1 aliphatic heterocycles. The molecule has 0 radical (unpaired) electrons. The summed E-state index contributed by atoms with van der Waals surface area (Å²) in [4.78, 5) is 91.1. The highest BCUT2D eigenvalue weighted by Crippen LogP contribution is 2.34. The van der Waals surface area contributed by atoms with Gasteiger partial charge < -0.3 is 82.7 Å². The fourth-order valence-corrected chi connectivity index (χ4v) is 11.4. The molecule has 0 saturated carbocycles. The molecule has 12 aromatic rings. The van der Waals surface area contributed by atoms with E-state index in [1.54, 1.807) is 151 Å². The molecule has 1 aliphatic rings. The van der Waals surface area contributed by atoms with Gasteiger partial charge in [-0.15, -0.1) is 27.7 Å². The van der Waals surface area contributed by atoms with Crippen LogP contribution in [-0.2, 0) is 14.2 Å². The lowest BCUT2D eigenvalue weighted by atomic mass is 10.1. The fourth-order valence-electron chi connectivity index (χ4n) is 11.3. The SMILES string of the molecule is C.CCOC(=O)c1cnc2ccc(Cl)nn12.CNCCOc1ccc(F)cc1[C@@H](C)Oc1ccc2ncc(C(=O)O)n2n1.C[C@@H](O)c1cc(F)ccc1OCCN(C)C(=O)OC(C)(C)C.C[C@@H](Oc1ccc2ncc(C(=O)O)n2n1)c1cc(F)ccc1OCCN(C)C(=O)OC(C)(C)C.C[C@H]1Oc2ccc3ncc(n3n2)C(=O)N(C)CCOc2ccc(F)cc21.Cl. The van der Waals surface area contributed by atoms with Crippen molar-refractivity contribution in [2.45, 2.75) is 119 Å². The van der Waals surface area contributed by atoms with E-state index in [9.17, 15) is 61.6 Å². The monoisotopic (exact) mass is 1790 g/mol. The average Bonchev–Trinajstić information content (AvgIpc) is 1.57. The first-order chi connectivity index (χ1) is 58.8. The van der Waals surface area contributed by atoms with Gasteiger partial charge in [0.15, 0.2) is 45.4 Å². The number of nitrogens with zero attached hydrogens (tertiary/aromatic N) is 15. The van der Waals surface area contributed by atoms with E-state index < -0.39 is 83.2 Å². The van der Waals surface area contributed by atoms with Gasteiger partial charge >= 0.3 is 30.1 Å². The van der Waals surface area contributed by atoms with Crippen molar-refractivity contribution < 1.29 is 109 Å². The topological polar surface area (TPSA) is 398 Å². The van der Waals surface area contributed by atoms with Crippen LogP contribution in [0.15, 0.2) is 146 Å². The highest BCUT2D eigenvalue weighted by molar-refractivity contribution is 6.29. The van der Waals surface area contributed by atoms with Crippen molar-refractivity contribution in [2.75, 3.05) is 87.4 Å². The van der Waals surface area contributed by atoms with Crippen LogP contribution in [0.5, 0.6) is 40.6 Å². The van der Waals surface area contributed by atoms with Gasteiger partial charge in [0.1, 0.15) is 107 Å². The van der Waals surface area contributed by atoms with Crippen molar-refractivity contribution in [1.29, 1.82) is 0 Å². The molecule has 0 saturated heterocycles. The number of halogens is 6. The molecule has 0 unspecified atom stereocenters. The second-order valence-electron chi connectivity index (χ2n) is 29.4. The summed E-state index contributed by atoms with van der Waals surface area (Å²) in [7, 11) is 6.69. The smallest absolute Gasteiger partial charge is 0.410 e. The molecule has 0 spiro atoms. The van der Waals surface area contributed by atoms with E-state index in [0.29, 0.717) is 117 Å². The zero-order chi connectivity index (χ0) is 90.4. The van der Waals surface area contributed by atoms with Crippen LogP contribution in [0.3, 0.4) is 0 Å². The predicted molar refractivity (Wildman–Crippen MR) is 455 cm³/mol. The number of hydrogen-bond acceptors (Lipinski definition) is 26. The maximum Gasteiger partial charge on any atom is 0.410 e. The van der Waals surface area contributed by atoms with Crippen molar-refractivity contribution in [3.63, 3.8) is 0 Å². The number of ether oxygens (including phenoxy) is 10. The van der Waals surface area contributed by atoms with Gasteiger partial charge in [-0.1, -0.05) is 19.0 Å². The van der Waals surface area contributed by atoms with Crippen molar-refractivity contribution in [2.24, 2.45) is 0 Å². The minimum Gasteiger partial charge on any atom is -0.492 e. The summed E-state index contributed by atoms with van der Waals surface area (Å²) < 4.78 is 115. The normalized spacial score (nSPS) is 13.0. The van der Waals surface area contributed by atoms with Gasteiger partial charge in [-0.2, -0.15) is 5.10 Å². The molecule has 0 fully saturated rings. The number of carbonyl (C=O) groups excluding carboxylic acids is 4. The Kier molecular flexibility index (Phi) is 35.8. The van der Waals surface area contributed by atoms with Crippen LogP contribution in [0.2, 0.25) is 5.15 Å². The Morgan fingerprint density at radius 1 is 0.587 bits per heavy atom. The number of amides is 3. The van der Waals surface area contributed by atoms with Crippen LogP contribution in [0, 0.1) is 23.3 Å². The van der Waals surface area contributed by atoms with Gasteiger partial charge in [0, 0.05) is 68.1 Å². The number of aromatic carboxylic acids is 2. The highest BCUT2D eigenvalue weighted by atomic mass is 35.5. The van der Waals surface area contributed by atoms with Crippen molar-refractivity contribution in [3.05, 3.63) is 220 Å². The Balaban J connectivity index is 0.000000219. The molecule has 8 aromatic heterocycles. The Bertz CT molecular complexity index is 5730. The maximum absolute atomic E-state index is 14.0. The third-order valence-electron chi connectivity index (χ3n) is 17.4. The Labute approximate surface area is 733 Å². The van der Waals surface area contributed by atoms with Crippen LogP contribution >= 0.6 is 24.0 Å². The number of nitrogens with one attached hydrogen (secondary N) is 1. The number of likely N-dealkylation sites (N-methyl/N-ethyl adjacent to an activating group) is 4. The van der Waals surface area contributed by atoms with Crippen LogP contribution in [0.25, 0.3) is 22.6 Å². The van der Waals surface area contributed by atoms with Crippen LogP contribution in [-0.4, -0.2) is 223 Å². The van der Waals surface area contributed by atoms with E-state index in [0.717, 1.165) is 4.52 Å². The molecule has 4 N–H and O–H groups in total. The van der Waals surface area contributed by atoms with Gasteiger partial charge in [0.2, 0.25) is 17.6 Å². The van der Waals surface area contributed by atoms with Gasteiger partial charge in [-0.05, 0) is 186 Å². The van der Waals surface area contributed by atoms with E-state index in [1.807, 2.05) is 7.05 Å². The fraction of sp³-hybridized carbons (Fsp3) is 0.365. The quantitative estimate of drug-likeness (QED) is 0.0200.